The smallest absolute Gasteiger partial charge is 0.353 e. The molecule has 3 aromatic rings. The number of nitrogens with one attached hydrogen (secondary N) is 2. The zero-order valence-electron chi connectivity index (χ0n) is 19.5. The van der Waals surface area contributed by atoms with Crippen molar-refractivity contribution in [2.45, 2.75) is 31.5 Å². The van der Waals surface area contributed by atoms with Crippen molar-refractivity contribution in [1.82, 2.24) is 29.9 Å². The normalized spacial score (nSPS) is 19.7. The number of halogens is 3. The Morgan fingerprint density at radius 1 is 1.08 bits per heavy atom. The van der Waals surface area contributed by atoms with E-state index in [0.29, 0.717) is 60.9 Å². The molecular formula is C23H22F3N9O2. The van der Waals surface area contributed by atoms with Gasteiger partial charge in [-0.15, -0.1) is 0 Å². The molecule has 3 aliphatic rings. The highest BCUT2D eigenvalue weighted by molar-refractivity contribution is 6.15. The maximum absolute atomic E-state index is 13.1. The first-order valence-electron chi connectivity index (χ1n) is 11.8. The molecule has 0 unspecified atom stereocenters. The molecule has 1 saturated carbocycles. The fourth-order valence-corrected chi connectivity index (χ4v) is 4.34. The topological polar surface area (TPSA) is 121 Å². The fraction of sp³-hybridized carbons (Fsp3) is 0.391. The van der Waals surface area contributed by atoms with E-state index in [0.717, 1.165) is 25.0 Å². The summed E-state index contributed by atoms with van der Waals surface area (Å²) in [5.74, 6) is 0.443. The Hall–Kier alpha value is -4.23. The van der Waals surface area contributed by atoms with Gasteiger partial charge in [-0.2, -0.15) is 32.8 Å². The zero-order chi connectivity index (χ0) is 25.7. The molecule has 192 valence electrons. The van der Waals surface area contributed by atoms with Crippen LogP contribution >= 0.6 is 0 Å². The van der Waals surface area contributed by atoms with Gasteiger partial charge >= 0.3 is 6.18 Å². The number of imide groups is 1. The number of nitrogens with zero attached hydrogens (tertiary/aromatic N) is 7. The lowest BCUT2D eigenvalue weighted by molar-refractivity contribution is -0.137. The highest BCUT2D eigenvalue weighted by Gasteiger charge is 2.32. The van der Waals surface area contributed by atoms with E-state index >= 15 is 0 Å². The van der Waals surface area contributed by atoms with E-state index in [1.54, 1.807) is 21.7 Å². The van der Waals surface area contributed by atoms with Crippen LogP contribution in [0.15, 0.2) is 30.1 Å². The molecule has 0 atom stereocenters. The Kier molecular flexibility index (Phi) is 5.46. The molecule has 2 N–H and O–H groups in total. The molecule has 11 nitrogen and oxygen atoms in total. The summed E-state index contributed by atoms with van der Waals surface area (Å²) in [6.07, 6.45) is 1.95. The predicted octanol–water partition coefficient (Wildman–Crippen LogP) is 1.87. The molecule has 2 amide bonds. The van der Waals surface area contributed by atoms with Gasteiger partial charge in [-0.1, -0.05) is 0 Å². The second kappa shape index (κ2) is 8.71. The minimum Gasteiger partial charge on any atom is -0.353 e. The lowest BCUT2D eigenvalue weighted by Crippen LogP contribution is -2.47. The molecule has 0 radical (unpaired) electrons. The van der Waals surface area contributed by atoms with E-state index in [2.05, 4.69) is 25.7 Å². The highest BCUT2D eigenvalue weighted by Crippen LogP contribution is 2.31. The summed E-state index contributed by atoms with van der Waals surface area (Å²) in [5, 5.41) is 10.0. The van der Waals surface area contributed by atoms with E-state index in [4.69, 9.17) is 4.98 Å². The first-order valence-corrected chi connectivity index (χ1v) is 11.8. The van der Waals surface area contributed by atoms with Crippen molar-refractivity contribution in [2.75, 3.05) is 41.3 Å². The highest BCUT2D eigenvalue weighted by atomic mass is 19.4. The molecule has 0 spiro atoms. The molecule has 3 fully saturated rings. The SMILES string of the molecule is O=C1C/C(=C\c2cnn3c(NC4CC4)nc(N4CCN(c5cc(C(F)(F)F)ccn5)CC4)nc23)C(=O)N1. The van der Waals surface area contributed by atoms with Crippen LogP contribution in [0.4, 0.5) is 30.9 Å². The van der Waals surface area contributed by atoms with Crippen LogP contribution < -0.4 is 20.4 Å². The molecule has 2 saturated heterocycles. The average molecular weight is 513 g/mol. The second-order valence-corrected chi connectivity index (χ2v) is 9.20. The van der Waals surface area contributed by atoms with E-state index in [9.17, 15) is 22.8 Å². The third-order valence-corrected chi connectivity index (χ3v) is 6.48. The Morgan fingerprint density at radius 2 is 1.84 bits per heavy atom. The molecule has 6 rings (SSSR count). The average Bonchev–Trinajstić information content (AvgIpc) is 3.51. The standard InChI is InChI=1S/C23H22F3N9O2/c24-23(25,26)15-3-4-27-17(11-15)33-5-7-34(8-6-33)21-31-19-14(9-13-10-18(36)30-20(13)37)12-28-35(19)22(32-21)29-16-1-2-16/h3-4,9,11-12,16H,1-2,5-8,10H2,(H,29,31,32)(H,30,36,37)/b13-9+. The second-order valence-electron chi connectivity index (χ2n) is 9.20. The number of fused-ring (bicyclic) bond motifs is 1. The van der Waals surface area contributed by atoms with Crippen LogP contribution in [-0.4, -0.2) is 68.6 Å². The lowest BCUT2D eigenvalue weighted by atomic mass is 10.1. The van der Waals surface area contributed by atoms with Crippen molar-refractivity contribution >= 4 is 41.3 Å². The van der Waals surface area contributed by atoms with E-state index in [-0.39, 0.29) is 18.1 Å². The van der Waals surface area contributed by atoms with Crippen LogP contribution in [0.1, 0.15) is 30.4 Å². The molecule has 1 aliphatic carbocycles. The summed E-state index contributed by atoms with van der Waals surface area (Å²) in [6.45, 7) is 1.82. The molecule has 3 aromatic heterocycles. The quantitative estimate of drug-likeness (QED) is 0.389. The van der Waals surface area contributed by atoms with Crippen molar-refractivity contribution in [3.05, 3.63) is 41.2 Å². The summed E-state index contributed by atoms with van der Waals surface area (Å²) in [5.41, 5.74) is 0.660. The first kappa shape index (κ1) is 23.2. The van der Waals surface area contributed by atoms with Gasteiger partial charge < -0.3 is 15.1 Å². The number of rotatable bonds is 5. The van der Waals surface area contributed by atoms with E-state index < -0.39 is 17.6 Å². The third kappa shape index (κ3) is 4.66. The van der Waals surface area contributed by atoms with Crippen LogP contribution in [0.5, 0.6) is 0 Å². The van der Waals surface area contributed by atoms with E-state index in [1.807, 2.05) is 4.90 Å². The molecule has 5 heterocycles. The van der Waals surface area contributed by atoms with Crippen LogP contribution in [0.25, 0.3) is 11.7 Å². The maximum atomic E-state index is 13.1. The van der Waals surface area contributed by atoms with Crippen LogP contribution in [0, 0.1) is 0 Å². The number of carbonyl (C=O) groups excluding carboxylic acids is 2. The summed E-state index contributed by atoms with van der Waals surface area (Å²) in [7, 11) is 0. The Morgan fingerprint density at radius 3 is 2.51 bits per heavy atom. The van der Waals surface area contributed by atoms with Crippen LogP contribution in [0.3, 0.4) is 0 Å². The number of carbonyl (C=O) groups is 2. The van der Waals surface area contributed by atoms with Crippen LogP contribution in [0.2, 0.25) is 0 Å². The van der Waals surface area contributed by atoms with Crippen molar-refractivity contribution in [2.24, 2.45) is 0 Å². The van der Waals surface area contributed by atoms with Gasteiger partial charge in [0.05, 0.1) is 18.2 Å². The molecule has 0 aromatic carbocycles. The third-order valence-electron chi connectivity index (χ3n) is 6.48. The summed E-state index contributed by atoms with van der Waals surface area (Å²) in [6, 6.07) is 2.31. The van der Waals surface area contributed by atoms with Gasteiger partial charge in [-0.25, -0.2) is 4.98 Å². The first-order chi connectivity index (χ1) is 17.7. The number of piperazine rings is 1. The number of aromatic nitrogens is 5. The minimum atomic E-state index is -4.43. The van der Waals surface area contributed by atoms with E-state index in [1.165, 1.54) is 6.20 Å². The Labute approximate surface area is 208 Å². The summed E-state index contributed by atoms with van der Waals surface area (Å²) in [4.78, 5) is 40.9. The number of anilines is 3. The van der Waals surface area contributed by atoms with Gasteiger partial charge in [0.1, 0.15) is 5.82 Å². The zero-order valence-corrected chi connectivity index (χ0v) is 19.5. The molecule has 37 heavy (non-hydrogen) atoms. The molecular weight excluding hydrogens is 491 g/mol. The lowest BCUT2D eigenvalue weighted by Gasteiger charge is -2.35. The fourth-order valence-electron chi connectivity index (χ4n) is 4.34. The van der Waals surface area contributed by atoms with Crippen molar-refractivity contribution < 1.29 is 22.8 Å². The molecule has 14 heteroatoms. The van der Waals surface area contributed by atoms with Crippen LogP contribution in [-0.2, 0) is 15.8 Å². The number of amides is 2. The number of alkyl halides is 3. The number of hydrogen-bond donors (Lipinski definition) is 2. The molecule has 0 bridgehead atoms. The Balaban J connectivity index is 1.27. The van der Waals surface area contributed by atoms with Crippen molar-refractivity contribution in [3.63, 3.8) is 0 Å². The van der Waals surface area contributed by atoms with Gasteiger partial charge in [0.25, 0.3) is 5.91 Å². The number of pyridine rings is 1. The Bertz CT molecular complexity index is 1420. The monoisotopic (exact) mass is 513 g/mol. The van der Waals surface area contributed by atoms with Gasteiger partial charge in [0.2, 0.25) is 17.8 Å². The predicted molar refractivity (Wildman–Crippen MR) is 127 cm³/mol. The summed E-state index contributed by atoms with van der Waals surface area (Å²) >= 11 is 0. The van der Waals surface area contributed by atoms with Gasteiger partial charge in [-0.3, -0.25) is 14.9 Å². The maximum Gasteiger partial charge on any atom is 0.416 e. The minimum absolute atomic E-state index is 0.00711. The van der Waals surface area contributed by atoms with Gasteiger partial charge in [0, 0.05) is 49.6 Å². The number of hydrogen-bond acceptors (Lipinski definition) is 9. The van der Waals surface area contributed by atoms with Crippen molar-refractivity contribution in [1.29, 1.82) is 0 Å². The largest absolute Gasteiger partial charge is 0.416 e. The van der Waals surface area contributed by atoms with Crippen molar-refractivity contribution in [3.8, 4) is 0 Å². The summed E-state index contributed by atoms with van der Waals surface area (Å²) < 4.78 is 41.0. The van der Waals surface area contributed by atoms with Gasteiger partial charge in [0.15, 0.2) is 5.65 Å². The molecule has 2 aliphatic heterocycles. The van der Waals surface area contributed by atoms with Gasteiger partial charge in [-0.05, 0) is 31.1 Å².